The number of allylic oxidation sites excluding steroid dienone is 1. The summed E-state index contributed by atoms with van der Waals surface area (Å²) in [6, 6.07) is 3.46. The van der Waals surface area contributed by atoms with E-state index in [-0.39, 0.29) is 5.82 Å². The van der Waals surface area contributed by atoms with Crippen LogP contribution in [0.1, 0.15) is 12.7 Å². The molecule has 0 fully saturated rings. The molecule has 0 saturated carbocycles. The average molecular weight is 429 g/mol. The van der Waals surface area contributed by atoms with Crippen molar-refractivity contribution in [3.8, 4) is 0 Å². The quantitative estimate of drug-likeness (QED) is 0.695. The first kappa shape index (κ1) is 21.5. The van der Waals surface area contributed by atoms with Gasteiger partial charge in [0.1, 0.15) is 9.79 Å². The Labute approximate surface area is 162 Å². The predicted octanol–water partition coefficient (Wildman–Crippen LogP) is -0.188. The van der Waals surface area contributed by atoms with Gasteiger partial charge in [-0.05, 0) is 25.1 Å². The molecule has 0 spiro atoms. The average Bonchev–Trinajstić information content (AvgIpc) is 2.90. The van der Waals surface area contributed by atoms with Crippen LogP contribution in [-0.4, -0.2) is 55.6 Å². The Morgan fingerprint density at radius 3 is 2.25 bits per heavy atom. The van der Waals surface area contributed by atoms with Crippen LogP contribution in [0.5, 0.6) is 0 Å². The Kier molecular flexibility index (Phi) is 5.91. The number of amides is 1. The second-order valence-electron chi connectivity index (χ2n) is 5.76. The summed E-state index contributed by atoms with van der Waals surface area (Å²) in [4.78, 5) is 23.3. The highest BCUT2D eigenvalue weighted by molar-refractivity contribution is 7.92. The van der Waals surface area contributed by atoms with E-state index in [4.69, 9.17) is 0 Å². The SMILES string of the molecule is C/C=C\c1nn(C(=O)NS(=O)(=O)c2ccccc2S(=O)(=O)N(C)C)c(=O)n1C. The van der Waals surface area contributed by atoms with Gasteiger partial charge in [-0.2, -0.15) is 0 Å². The zero-order valence-corrected chi connectivity index (χ0v) is 17.2. The molecule has 0 aliphatic carbocycles. The lowest BCUT2D eigenvalue weighted by atomic mass is 10.4. The van der Waals surface area contributed by atoms with Gasteiger partial charge in [0.2, 0.25) is 10.0 Å². The van der Waals surface area contributed by atoms with Crippen LogP contribution in [0.4, 0.5) is 4.79 Å². The van der Waals surface area contributed by atoms with Gasteiger partial charge in [-0.3, -0.25) is 4.57 Å². The summed E-state index contributed by atoms with van der Waals surface area (Å²) in [5, 5.41) is 3.75. The zero-order valence-electron chi connectivity index (χ0n) is 15.5. The highest BCUT2D eigenvalue weighted by Gasteiger charge is 2.30. The Bertz CT molecular complexity index is 1210. The van der Waals surface area contributed by atoms with Gasteiger partial charge in [-0.15, -0.1) is 9.78 Å². The fraction of sp³-hybridized carbons (Fsp3) is 0.267. The summed E-state index contributed by atoms with van der Waals surface area (Å²) in [5.41, 5.74) is -0.866. The molecule has 1 heterocycles. The summed E-state index contributed by atoms with van der Waals surface area (Å²) < 4.78 is 54.0. The minimum Gasteiger partial charge on any atom is -0.278 e. The van der Waals surface area contributed by atoms with Crippen LogP contribution >= 0.6 is 0 Å². The van der Waals surface area contributed by atoms with Crippen molar-refractivity contribution in [2.75, 3.05) is 14.1 Å². The molecule has 0 saturated heterocycles. The van der Waals surface area contributed by atoms with Crippen molar-refractivity contribution in [3.05, 3.63) is 46.7 Å². The van der Waals surface area contributed by atoms with Crippen molar-refractivity contribution in [3.63, 3.8) is 0 Å². The first-order valence-electron chi connectivity index (χ1n) is 7.81. The molecule has 0 aliphatic heterocycles. The summed E-state index contributed by atoms with van der Waals surface area (Å²) in [5.74, 6) is 0.135. The van der Waals surface area contributed by atoms with Crippen molar-refractivity contribution < 1.29 is 21.6 Å². The summed E-state index contributed by atoms with van der Waals surface area (Å²) >= 11 is 0. The number of nitrogens with one attached hydrogen (secondary N) is 1. The number of carbonyl (C=O) groups is 1. The van der Waals surface area contributed by atoms with Crippen molar-refractivity contribution >= 4 is 32.2 Å². The first-order valence-corrected chi connectivity index (χ1v) is 10.7. The van der Waals surface area contributed by atoms with Crippen LogP contribution in [0.25, 0.3) is 6.08 Å². The fourth-order valence-corrected chi connectivity index (χ4v) is 4.80. The van der Waals surface area contributed by atoms with Crippen LogP contribution in [0, 0.1) is 0 Å². The molecule has 1 aromatic carbocycles. The Balaban J connectivity index is 2.51. The predicted molar refractivity (Wildman–Crippen MR) is 101 cm³/mol. The molecule has 13 heteroatoms. The van der Waals surface area contributed by atoms with Crippen molar-refractivity contribution in [2.45, 2.75) is 16.7 Å². The molecule has 11 nitrogen and oxygen atoms in total. The lowest BCUT2D eigenvalue weighted by Crippen LogP contribution is -2.41. The van der Waals surface area contributed by atoms with Crippen molar-refractivity contribution in [1.29, 1.82) is 0 Å². The Hall–Kier alpha value is -2.77. The van der Waals surface area contributed by atoms with Crippen LogP contribution < -0.4 is 10.4 Å². The second-order valence-corrected chi connectivity index (χ2v) is 9.53. The lowest BCUT2D eigenvalue weighted by Gasteiger charge is -2.15. The summed E-state index contributed by atoms with van der Waals surface area (Å²) in [6.45, 7) is 1.68. The summed E-state index contributed by atoms with van der Waals surface area (Å²) in [7, 11) is -4.87. The monoisotopic (exact) mass is 429 g/mol. The number of benzene rings is 1. The highest BCUT2D eigenvalue weighted by atomic mass is 32.2. The molecule has 152 valence electrons. The van der Waals surface area contributed by atoms with Gasteiger partial charge in [0.15, 0.2) is 5.82 Å². The topological polar surface area (TPSA) is 140 Å². The van der Waals surface area contributed by atoms with E-state index in [2.05, 4.69) is 5.10 Å². The first-order chi connectivity index (χ1) is 12.9. The van der Waals surface area contributed by atoms with E-state index in [1.807, 2.05) is 0 Å². The lowest BCUT2D eigenvalue weighted by molar-refractivity contribution is 0.243. The smallest absolute Gasteiger partial charge is 0.278 e. The van der Waals surface area contributed by atoms with Gasteiger partial charge in [0.05, 0.1) is 0 Å². The van der Waals surface area contributed by atoms with Gasteiger partial charge >= 0.3 is 11.7 Å². The van der Waals surface area contributed by atoms with Crippen molar-refractivity contribution in [2.24, 2.45) is 7.05 Å². The zero-order chi connectivity index (χ0) is 21.3. The molecule has 1 amide bonds. The second kappa shape index (κ2) is 7.69. The maximum absolute atomic E-state index is 12.7. The standard InChI is InChI=1S/C15H19N5O6S2/c1-5-8-13-16-20(15(22)19(13)4)14(21)17-27(23,24)11-9-6-7-10-12(11)28(25,26)18(2)3/h5-10H,1-4H3,(H,17,21)/b8-5-. The molecule has 1 N–H and O–H groups in total. The molecule has 0 unspecified atom stereocenters. The van der Waals surface area contributed by atoms with Gasteiger partial charge in [0.25, 0.3) is 10.0 Å². The van der Waals surface area contributed by atoms with Crippen LogP contribution in [0.2, 0.25) is 0 Å². The molecule has 1 aromatic heterocycles. The number of aromatic nitrogens is 3. The number of carbonyl (C=O) groups excluding carboxylic acids is 1. The van der Waals surface area contributed by atoms with Gasteiger partial charge in [0, 0.05) is 21.1 Å². The maximum atomic E-state index is 12.7. The Morgan fingerprint density at radius 2 is 1.71 bits per heavy atom. The van der Waals surface area contributed by atoms with Crippen molar-refractivity contribution in [1.82, 2.24) is 23.4 Å². The van der Waals surface area contributed by atoms with E-state index in [9.17, 15) is 26.4 Å². The van der Waals surface area contributed by atoms with Crippen LogP contribution in [-0.2, 0) is 27.1 Å². The Morgan fingerprint density at radius 1 is 1.14 bits per heavy atom. The molecule has 28 heavy (non-hydrogen) atoms. The van der Waals surface area contributed by atoms with E-state index < -0.39 is 41.6 Å². The van der Waals surface area contributed by atoms with E-state index in [1.54, 1.807) is 17.7 Å². The highest BCUT2D eigenvalue weighted by Crippen LogP contribution is 2.22. The third kappa shape index (κ3) is 3.90. The minimum absolute atomic E-state index is 0.135. The van der Waals surface area contributed by atoms with Gasteiger partial charge < -0.3 is 0 Å². The van der Waals surface area contributed by atoms with Gasteiger partial charge in [-0.25, -0.2) is 35.5 Å². The van der Waals surface area contributed by atoms with Crippen LogP contribution in [0.15, 0.2) is 44.9 Å². The fourth-order valence-electron chi connectivity index (χ4n) is 2.17. The molecule has 0 aliphatic rings. The number of nitrogens with zero attached hydrogens (tertiary/aromatic N) is 4. The third-order valence-electron chi connectivity index (χ3n) is 3.64. The van der Waals surface area contributed by atoms with Gasteiger partial charge in [-0.1, -0.05) is 18.2 Å². The normalized spacial score (nSPS) is 12.6. The molecular weight excluding hydrogens is 410 g/mol. The number of rotatable bonds is 5. The van der Waals surface area contributed by atoms with E-state index >= 15 is 0 Å². The third-order valence-corrected chi connectivity index (χ3v) is 7.02. The number of hydrogen-bond donors (Lipinski definition) is 1. The molecule has 0 bridgehead atoms. The van der Waals surface area contributed by atoms with E-state index in [0.29, 0.717) is 4.68 Å². The van der Waals surface area contributed by atoms with Crippen LogP contribution in [0.3, 0.4) is 0 Å². The molecule has 2 aromatic rings. The molecule has 2 rings (SSSR count). The summed E-state index contributed by atoms with van der Waals surface area (Å²) in [6.07, 6.45) is 3.04. The number of sulfonamides is 2. The largest absolute Gasteiger partial charge is 0.360 e. The number of hydrogen-bond acceptors (Lipinski definition) is 7. The van der Waals surface area contributed by atoms with E-state index in [0.717, 1.165) is 21.0 Å². The molecule has 0 radical (unpaired) electrons. The maximum Gasteiger partial charge on any atom is 0.360 e. The molecular formula is C15H19N5O6S2. The minimum atomic E-state index is -4.62. The molecule has 0 atom stereocenters. The van der Waals surface area contributed by atoms with E-state index in [1.165, 1.54) is 39.4 Å².